The number of thioether (sulfide) groups is 1. The molecule has 0 atom stereocenters. The highest BCUT2D eigenvalue weighted by atomic mass is 35.5. The number of hydrogen-bond acceptors (Lipinski definition) is 5. The van der Waals surface area contributed by atoms with Crippen molar-refractivity contribution in [3.8, 4) is 0 Å². The lowest BCUT2D eigenvalue weighted by molar-refractivity contribution is -0.130. The van der Waals surface area contributed by atoms with E-state index in [2.05, 4.69) is 15.2 Å². The number of rotatable bonds is 6. The summed E-state index contributed by atoms with van der Waals surface area (Å²) in [6.45, 7) is 6.95. The first-order valence-electron chi connectivity index (χ1n) is 9.53. The Morgan fingerprint density at radius 1 is 1.10 bits per heavy atom. The van der Waals surface area contributed by atoms with Gasteiger partial charge in [0.2, 0.25) is 11.8 Å². The van der Waals surface area contributed by atoms with Crippen molar-refractivity contribution in [2.24, 2.45) is 0 Å². The predicted molar refractivity (Wildman–Crippen MR) is 118 cm³/mol. The van der Waals surface area contributed by atoms with Gasteiger partial charge in [0.25, 0.3) is 0 Å². The van der Waals surface area contributed by atoms with Crippen LogP contribution in [-0.2, 0) is 9.59 Å². The van der Waals surface area contributed by atoms with Crippen LogP contribution in [0.2, 0.25) is 5.02 Å². The van der Waals surface area contributed by atoms with E-state index in [1.54, 1.807) is 12.3 Å². The molecular formula is C21H25ClN4O2S. The van der Waals surface area contributed by atoms with Gasteiger partial charge in [-0.2, -0.15) is 0 Å². The van der Waals surface area contributed by atoms with Crippen molar-refractivity contribution >= 4 is 40.9 Å². The lowest BCUT2D eigenvalue weighted by Gasteiger charge is -2.34. The predicted octanol–water partition coefficient (Wildman–Crippen LogP) is 3.23. The van der Waals surface area contributed by atoms with E-state index >= 15 is 0 Å². The maximum Gasteiger partial charge on any atom is 0.238 e. The first kappa shape index (κ1) is 21.6. The summed E-state index contributed by atoms with van der Waals surface area (Å²) in [5, 5.41) is 4.39. The number of benzene rings is 1. The van der Waals surface area contributed by atoms with E-state index in [1.807, 2.05) is 43.0 Å². The molecule has 1 aromatic carbocycles. The molecule has 0 saturated carbocycles. The molecule has 1 aliphatic heterocycles. The summed E-state index contributed by atoms with van der Waals surface area (Å²) in [5.74, 6) is 0.416. The van der Waals surface area contributed by atoms with Crippen LogP contribution in [0.15, 0.2) is 41.6 Å². The van der Waals surface area contributed by atoms with Crippen LogP contribution in [0.5, 0.6) is 0 Å². The average molecular weight is 433 g/mol. The van der Waals surface area contributed by atoms with Crippen molar-refractivity contribution in [2.75, 3.05) is 43.8 Å². The van der Waals surface area contributed by atoms with Gasteiger partial charge in [-0.25, -0.2) is 4.98 Å². The van der Waals surface area contributed by atoms with E-state index in [0.717, 1.165) is 21.8 Å². The molecule has 0 bridgehead atoms. The summed E-state index contributed by atoms with van der Waals surface area (Å²) in [4.78, 5) is 33.0. The van der Waals surface area contributed by atoms with Gasteiger partial charge in [0.15, 0.2) is 0 Å². The molecule has 1 saturated heterocycles. The van der Waals surface area contributed by atoms with Crippen molar-refractivity contribution < 1.29 is 9.59 Å². The van der Waals surface area contributed by atoms with E-state index < -0.39 is 0 Å². The van der Waals surface area contributed by atoms with Crippen LogP contribution < -0.4 is 5.32 Å². The van der Waals surface area contributed by atoms with Crippen molar-refractivity contribution in [3.63, 3.8) is 0 Å². The van der Waals surface area contributed by atoms with Crippen LogP contribution in [0.4, 0.5) is 5.69 Å². The van der Waals surface area contributed by atoms with E-state index in [0.29, 0.717) is 43.5 Å². The van der Waals surface area contributed by atoms with Crippen LogP contribution in [0.25, 0.3) is 0 Å². The van der Waals surface area contributed by atoms with Gasteiger partial charge in [-0.15, -0.1) is 0 Å². The van der Waals surface area contributed by atoms with Gasteiger partial charge in [0.05, 0.1) is 22.3 Å². The summed E-state index contributed by atoms with van der Waals surface area (Å²) < 4.78 is 0. The van der Waals surface area contributed by atoms with Gasteiger partial charge in [-0.1, -0.05) is 41.6 Å². The first-order valence-corrected chi connectivity index (χ1v) is 10.9. The topological polar surface area (TPSA) is 65.5 Å². The molecule has 1 aromatic heterocycles. The molecule has 8 heteroatoms. The monoisotopic (exact) mass is 432 g/mol. The van der Waals surface area contributed by atoms with Gasteiger partial charge in [-0.3, -0.25) is 14.5 Å². The number of aryl methyl sites for hydroxylation is 2. The molecule has 154 valence electrons. The largest absolute Gasteiger partial charge is 0.339 e. The quantitative estimate of drug-likeness (QED) is 0.710. The second-order valence-corrected chi connectivity index (χ2v) is 8.51. The molecule has 1 fully saturated rings. The van der Waals surface area contributed by atoms with Crippen molar-refractivity contribution in [2.45, 2.75) is 18.9 Å². The lowest BCUT2D eigenvalue weighted by Crippen LogP contribution is -2.50. The highest BCUT2D eigenvalue weighted by Crippen LogP contribution is 2.20. The highest BCUT2D eigenvalue weighted by molar-refractivity contribution is 7.99. The summed E-state index contributed by atoms with van der Waals surface area (Å²) in [7, 11) is 0. The van der Waals surface area contributed by atoms with Crippen molar-refractivity contribution in [1.82, 2.24) is 14.8 Å². The van der Waals surface area contributed by atoms with Crippen LogP contribution in [0.1, 0.15) is 11.1 Å². The Balaban J connectivity index is 1.42. The molecule has 1 N–H and O–H groups in total. The zero-order valence-corrected chi connectivity index (χ0v) is 18.2. The molecular weight excluding hydrogens is 408 g/mol. The number of aromatic nitrogens is 1. The van der Waals surface area contributed by atoms with Gasteiger partial charge in [-0.05, 0) is 37.1 Å². The van der Waals surface area contributed by atoms with Gasteiger partial charge in [0, 0.05) is 38.1 Å². The number of hydrogen-bond donors (Lipinski definition) is 1. The van der Waals surface area contributed by atoms with Gasteiger partial charge in [0.1, 0.15) is 0 Å². The Labute approximate surface area is 180 Å². The van der Waals surface area contributed by atoms with E-state index in [1.165, 1.54) is 11.8 Å². The standard InChI is InChI=1S/C21H25ClN4O2S/c1-15-4-3-5-16(2)21(15)24-18(27)13-25-8-10-26(11-9-25)20(28)14-29-19-7-6-17(22)12-23-19/h3-7,12H,8-11,13-14H2,1-2H3,(H,24,27). The number of piperazine rings is 1. The Kier molecular flexibility index (Phi) is 7.52. The molecule has 0 radical (unpaired) electrons. The molecule has 6 nitrogen and oxygen atoms in total. The van der Waals surface area contributed by atoms with E-state index in [-0.39, 0.29) is 11.8 Å². The number of carbonyl (C=O) groups is 2. The fourth-order valence-corrected chi connectivity index (χ4v) is 4.08. The van der Waals surface area contributed by atoms with Crippen LogP contribution in [0, 0.1) is 13.8 Å². The highest BCUT2D eigenvalue weighted by Gasteiger charge is 2.22. The molecule has 0 unspecified atom stereocenters. The smallest absolute Gasteiger partial charge is 0.238 e. The first-order chi connectivity index (χ1) is 13.9. The summed E-state index contributed by atoms with van der Waals surface area (Å²) in [5.41, 5.74) is 3.00. The Morgan fingerprint density at radius 3 is 2.41 bits per heavy atom. The Morgan fingerprint density at radius 2 is 1.79 bits per heavy atom. The Bertz CT molecular complexity index is 847. The fourth-order valence-electron chi connectivity index (χ4n) is 3.22. The number of para-hydroxylation sites is 1. The number of pyridine rings is 1. The van der Waals surface area contributed by atoms with Crippen LogP contribution >= 0.6 is 23.4 Å². The minimum absolute atomic E-state index is 0.0217. The third kappa shape index (κ3) is 6.19. The van der Waals surface area contributed by atoms with Crippen molar-refractivity contribution in [1.29, 1.82) is 0 Å². The lowest BCUT2D eigenvalue weighted by atomic mass is 10.1. The van der Waals surface area contributed by atoms with E-state index in [9.17, 15) is 9.59 Å². The molecule has 2 amide bonds. The zero-order valence-electron chi connectivity index (χ0n) is 16.7. The number of nitrogens with one attached hydrogen (secondary N) is 1. The molecule has 1 aliphatic rings. The summed E-state index contributed by atoms with van der Waals surface area (Å²) in [6.07, 6.45) is 1.58. The third-order valence-electron chi connectivity index (χ3n) is 4.88. The summed E-state index contributed by atoms with van der Waals surface area (Å²) >= 11 is 7.23. The fraction of sp³-hybridized carbons (Fsp3) is 0.381. The number of anilines is 1. The number of amides is 2. The molecule has 3 rings (SSSR count). The van der Waals surface area contributed by atoms with E-state index in [4.69, 9.17) is 11.6 Å². The SMILES string of the molecule is Cc1cccc(C)c1NC(=O)CN1CCN(C(=O)CSc2ccc(Cl)cn2)CC1. The molecule has 0 spiro atoms. The minimum Gasteiger partial charge on any atom is -0.339 e. The average Bonchev–Trinajstić information content (AvgIpc) is 2.71. The maximum atomic E-state index is 12.4. The molecule has 0 aliphatic carbocycles. The number of nitrogens with zero attached hydrogens (tertiary/aromatic N) is 3. The Hall–Kier alpha value is -2.09. The second kappa shape index (κ2) is 10.1. The minimum atomic E-state index is -0.0217. The second-order valence-electron chi connectivity index (χ2n) is 7.08. The zero-order chi connectivity index (χ0) is 20.8. The van der Waals surface area contributed by atoms with Crippen LogP contribution in [-0.4, -0.2) is 65.1 Å². The normalized spacial score (nSPS) is 14.7. The van der Waals surface area contributed by atoms with Gasteiger partial charge < -0.3 is 10.2 Å². The molecule has 29 heavy (non-hydrogen) atoms. The molecule has 2 heterocycles. The number of halogens is 1. The van der Waals surface area contributed by atoms with Gasteiger partial charge >= 0.3 is 0 Å². The molecule has 2 aromatic rings. The maximum absolute atomic E-state index is 12.4. The van der Waals surface area contributed by atoms with Crippen LogP contribution in [0.3, 0.4) is 0 Å². The summed E-state index contributed by atoms with van der Waals surface area (Å²) in [6, 6.07) is 9.55. The number of carbonyl (C=O) groups excluding carboxylic acids is 2. The third-order valence-corrected chi connectivity index (χ3v) is 6.03. The van der Waals surface area contributed by atoms with Crippen molar-refractivity contribution in [3.05, 3.63) is 52.7 Å².